The van der Waals surface area contributed by atoms with Crippen molar-refractivity contribution >= 4 is 17.3 Å². The Labute approximate surface area is 127 Å². The smallest absolute Gasteiger partial charge is 0.0805 e. The fourth-order valence-electron chi connectivity index (χ4n) is 3.00. The molecule has 2 rings (SSSR count). The van der Waals surface area contributed by atoms with Crippen LogP contribution in [0.1, 0.15) is 33.3 Å². The summed E-state index contributed by atoms with van der Waals surface area (Å²) >= 11 is 6.39. The van der Waals surface area contributed by atoms with E-state index in [-0.39, 0.29) is 17.7 Å². The molecule has 0 radical (unpaired) electrons. The highest BCUT2D eigenvalue weighted by atomic mass is 35.5. The highest BCUT2D eigenvalue weighted by Crippen LogP contribution is 2.32. The van der Waals surface area contributed by atoms with Crippen LogP contribution in [0.3, 0.4) is 0 Å². The Morgan fingerprint density at radius 3 is 2.80 bits per heavy atom. The van der Waals surface area contributed by atoms with Gasteiger partial charge in [0, 0.05) is 29.8 Å². The molecule has 0 saturated carbocycles. The van der Waals surface area contributed by atoms with Crippen LogP contribution in [0.2, 0.25) is 5.02 Å². The predicted molar refractivity (Wildman–Crippen MR) is 85.6 cm³/mol. The molecule has 1 aliphatic rings. The molecule has 0 aliphatic carbocycles. The molecule has 1 aromatic carbocycles. The minimum Gasteiger partial charge on any atom is -0.369 e. The van der Waals surface area contributed by atoms with E-state index in [0.717, 1.165) is 30.1 Å². The Morgan fingerprint density at radius 2 is 2.20 bits per heavy atom. The first-order valence-electron chi connectivity index (χ1n) is 7.24. The van der Waals surface area contributed by atoms with Gasteiger partial charge in [0.25, 0.3) is 0 Å². The van der Waals surface area contributed by atoms with Crippen molar-refractivity contribution in [2.75, 3.05) is 18.0 Å². The molecule has 0 aromatic heterocycles. The van der Waals surface area contributed by atoms with Crippen LogP contribution in [0.15, 0.2) is 18.2 Å². The highest BCUT2D eigenvalue weighted by molar-refractivity contribution is 6.31. The monoisotopic (exact) mass is 296 g/mol. The molecule has 1 saturated heterocycles. The summed E-state index contributed by atoms with van der Waals surface area (Å²) in [5, 5.41) is 0.803. The second kappa shape index (κ2) is 5.92. The second-order valence-electron chi connectivity index (χ2n) is 6.49. The minimum atomic E-state index is -0.147. The number of ether oxygens (including phenoxy) is 1. The van der Waals surface area contributed by atoms with Crippen molar-refractivity contribution in [3.8, 4) is 0 Å². The average molecular weight is 297 g/mol. The lowest BCUT2D eigenvalue weighted by Crippen LogP contribution is -2.52. The van der Waals surface area contributed by atoms with E-state index in [1.807, 2.05) is 19.1 Å². The first-order valence-corrected chi connectivity index (χ1v) is 7.62. The zero-order valence-electron chi connectivity index (χ0n) is 12.8. The summed E-state index contributed by atoms with van der Waals surface area (Å²) in [5.74, 6) is 0. The van der Waals surface area contributed by atoms with E-state index >= 15 is 0 Å². The number of rotatable bonds is 3. The van der Waals surface area contributed by atoms with Gasteiger partial charge in [0.2, 0.25) is 0 Å². The van der Waals surface area contributed by atoms with Crippen molar-refractivity contribution in [2.45, 2.75) is 51.9 Å². The van der Waals surface area contributed by atoms with Crippen LogP contribution < -0.4 is 10.6 Å². The summed E-state index contributed by atoms with van der Waals surface area (Å²) in [6.07, 6.45) is 1.00. The minimum absolute atomic E-state index is 0.0973. The van der Waals surface area contributed by atoms with Crippen LogP contribution in [-0.4, -0.2) is 30.8 Å². The molecular weight excluding hydrogens is 272 g/mol. The van der Waals surface area contributed by atoms with Crippen LogP contribution >= 0.6 is 11.6 Å². The Morgan fingerprint density at radius 1 is 1.50 bits per heavy atom. The van der Waals surface area contributed by atoms with Crippen LogP contribution in [0.5, 0.6) is 0 Å². The molecule has 1 aromatic rings. The van der Waals surface area contributed by atoms with Gasteiger partial charge in [0.05, 0.1) is 11.7 Å². The van der Waals surface area contributed by atoms with Gasteiger partial charge in [0.1, 0.15) is 0 Å². The lowest BCUT2D eigenvalue weighted by Gasteiger charge is -2.43. The van der Waals surface area contributed by atoms with Gasteiger partial charge in [-0.1, -0.05) is 17.7 Å². The Balaban J connectivity index is 2.34. The first-order chi connectivity index (χ1) is 9.28. The highest BCUT2D eigenvalue weighted by Gasteiger charge is 2.32. The maximum absolute atomic E-state index is 6.39. The molecule has 1 heterocycles. The fourth-order valence-corrected chi connectivity index (χ4v) is 3.25. The summed E-state index contributed by atoms with van der Waals surface area (Å²) in [7, 11) is 0. The molecule has 2 unspecified atom stereocenters. The zero-order chi connectivity index (χ0) is 14.9. The zero-order valence-corrected chi connectivity index (χ0v) is 13.6. The van der Waals surface area contributed by atoms with Gasteiger partial charge in [-0.2, -0.15) is 0 Å². The Bertz CT molecular complexity index is 474. The SMILES string of the molecule is CC(N)Cc1c(Cl)cccc1N1CC(C)OC(C)(C)C1. The van der Waals surface area contributed by atoms with Crippen LogP contribution in [0.4, 0.5) is 5.69 Å². The van der Waals surface area contributed by atoms with Gasteiger partial charge in [0.15, 0.2) is 0 Å². The maximum Gasteiger partial charge on any atom is 0.0805 e. The number of hydrogen-bond acceptors (Lipinski definition) is 3. The largest absolute Gasteiger partial charge is 0.369 e. The van der Waals surface area contributed by atoms with Gasteiger partial charge in [-0.3, -0.25) is 0 Å². The van der Waals surface area contributed by atoms with E-state index in [1.54, 1.807) is 0 Å². The predicted octanol–water partition coefficient (Wildman–Crippen LogP) is 3.23. The average Bonchev–Trinajstić information content (AvgIpc) is 2.28. The standard InChI is InChI=1S/C16H25ClN2O/c1-11(18)8-13-14(17)6-5-7-15(13)19-9-12(2)20-16(3,4)10-19/h5-7,11-12H,8-10,18H2,1-4H3. The molecular formula is C16H25ClN2O. The van der Waals surface area contributed by atoms with Gasteiger partial charge in [-0.25, -0.2) is 0 Å². The van der Waals surface area contributed by atoms with E-state index in [0.29, 0.717) is 0 Å². The topological polar surface area (TPSA) is 38.5 Å². The first kappa shape index (κ1) is 15.6. The Hall–Kier alpha value is -0.770. The van der Waals surface area contributed by atoms with Crippen molar-refractivity contribution < 1.29 is 4.74 Å². The number of nitrogens with zero attached hydrogens (tertiary/aromatic N) is 1. The fraction of sp³-hybridized carbons (Fsp3) is 0.625. The summed E-state index contributed by atoms with van der Waals surface area (Å²) in [6, 6.07) is 6.19. The van der Waals surface area contributed by atoms with Gasteiger partial charge >= 0.3 is 0 Å². The molecule has 1 aliphatic heterocycles. The van der Waals surface area contributed by atoms with E-state index in [2.05, 4.69) is 31.7 Å². The summed E-state index contributed by atoms with van der Waals surface area (Å²) in [5.41, 5.74) is 8.16. The third kappa shape index (κ3) is 3.66. The molecule has 4 heteroatoms. The molecule has 112 valence electrons. The van der Waals surface area contributed by atoms with Crippen LogP contribution in [-0.2, 0) is 11.2 Å². The molecule has 0 spiro atoms. The van der Waals surface area contributed by atoms with E-state index in [9.17, 15) is 0 Å². The number of anilines is 1. The number of nitrogens with two attached hydrogens (primary N) is 1. The number of morpholine rings is 1. The van der Waals surface area contributed by atoms with Crippen molar-refractivity contribution in [3.63, 3.8) is 0 Å². The third-order valence-corrected chi connectivity index (χ3v) is 3.88. The molecule has 20 heavy (non-hydrogen) atoms. The van der Waals surface area contributed by atoms with Gasteiger partial charge in [-0.05, 0) is 51.8 Å². The summed E-state index contributed by atoms with van der Waals surface area (Å²) < 4.78 is 5.98. The van der Waals surface area contributed by atoms with Crippen molar-refractivity contribution in [1.82, 2.24) is 0 Å². The molecule has 0 bridgehead atoms. The van der Waals surface area contributed by atoms with Crippen molar-refractivity contribution in [2.24, 2.45) is 5.73 Å². The van der Waals surface area contributed by atoms with E-state index in [1.165, 1.54) is 5.69 Å². The quantitative estimate of drug-likeness (QED) is 0.931. The van der Waals surface area contributed by atoms with Gasteiger partial charge < -0.3 is 15.4 Å². The van der Waals surface area contributed by atoms with Crippen molar-refractivity contribution in [3.05, 3.63) is 28.8 Å². The summed E-state index contributed by atoms with van der Waals surface area (Å²) in [6.45, 7) is 10.1. The van der Waals surface area contributed by atoms with Crippen LogP contribution in [0.25, 0.3) is 0 Å². The van der Waals surface area contributed by atoms with Gasteiger partial charge in [-0.15, -0.1) is 0 Å². The second-order valence-corrected chi connectivity index (χ2v) is 6.89. The van der Waals surface area contributed by atoms with Crippen LogP contribution in [0, 0.1) is 0 Å². The van der Waals surface area contributed by atoms with E-state index < -0.39 is 0 Å². The molecule has 2 N–H and O–H groups in total. The number of hydrogen-bond donors (Lipinski definition) is 1. The van der Waals surface area contributed by atoms with Crippen molar-refractivity contribution in [1.29, 1.82) is 0 Å². The lowest BCUT2D eigenvalue weighted by atomic mass is 10.0. The number of benzene rings is 1. The molecule has 2 atom stereocenters. The maximum atomic E-state index is 6.39. The number of halogens is 1. The third-order valence-electron chi connectivity index (χ3n) is 3.53. The Kier molecular flexibility index (Phi) is 4.62. The molecule has 0 amide bonds. The van der Waals surface area contributed by atoms with E-state index in [4.69, 9.17) is 22.1 Å². The molecule has 3 nitrogen and oxygen atoms in total. The summed E-state index contributed by atoms with van der Waals surface area (Å²) in [4.78, 5) is 2.37. The molecule has 1 fully saturated rings. The lowest BCUT2D eigenvalue weighted by molar-refractivity contribution is -0.0750. The normalized spacial score (nSPS) is 23.7.